The largest absolute Gasteiger partial charge is 0.444 e. The average Bonchev–Trinajstić information content (AvgIpc) is 2.56. The van der Waals surface area contributed by atoms with Crippen molar-refractivity contribution < 1.29 is 9.53 Å². The molecule has 1 aliphatic heterocycles. The second-order valence-electron chi connectivity index (χ2n) is 8.54. The van der Waals surface area contributed by atoms with E-state index in [1.807, 2.05) is 37.4 Å². The molecule has 8 heteroatoms. The summed E-state index contributed by atoms with van der Waals surface area (Å²) in [6, 6.07) is 0. The van der Waals surface area contributed by atoms with Gasteiger partial charge in [0.2, 0.25) is 0 Å². The van der Waals surface area contributed by atoms with Crippen molar-refractivity contribution >= 4 is 47.8 Å². The van der Waals surface area contributed by atoms with Crippen LogP contribution in [0.5, 0.6) is 0 Å². The lowest BCUT2D eigenvalue weighted by Crippen LogP contribution is -2.45. The summed E-state index contributed by atoms with van der Waals surface area (Å²) in [5.41, 5.74) is -0.436. The van der Waals surface area contributed by atoms with Crippen molar-refractivity contribution in [3.05, 3.63) is 0 Å². The lowest BCUT2D eigenvalue weighted by atomic mass is 9.95. The first-order valence-electron chi connectivity index (χ1n) is 9.54. The molecule has 1 rings (SSSR count). The van der Waals surface area contributed by atoms with Crippen LogP contribution in [-0.2, 0) is 4.74 Å². The van der Waals surface area contributed by atoms with Crippen LogP contribution < -0.4 is 10.6 Å². The Morgan fingerprint density at radius 2 is 1.93 bits per heavy atom. The number of hydrogen-bond acceptors (Lipinski definition) is 4. The minimum absolute atomic E-state index is 0. The van der Waals surface area contributed by atoms with Crippen molar-refractivity contribution in [3.63, 3.8) is 0 Å². The number of thioether (sulfide) groups is 1. The molecule has 1 atom stereocenters. The van der Waals surface area contributed by atoms with Gasteiger partial charge in [-0.1, -0.05) is 0 Å². The fourth-order valence-corrected chi connectivity index (χ4v) is 2.99. The van der Waals surface area contributed by atoms with Crippen LogP contribution in [0, 0.1) is 5.92 Å². The van der Waals surface area contributed by atoms with E-state index in [-0.39, 0.29) is 34.8 Å². The highest BCUT2D eigenvalue weighted by atomic mass is 127. The molecule has 2 N–H and O–H groups in total. The van der Waals surface area contributed by atoms with E-state index in [2.05, 4.69) is 35.7 Å². The smallest absolute Gasteiger partial charge is 0.410 e. The highest BCUT2D eigenvalue weighted by Gasteiger charge is 2.27. The highest BCUT2D eigenvalue weighted by molar-refractivity contribution is 14.0. The number of guanidine groups is 1. The average molecular weight is 515 g/mol. The number of piperidine rings is 1. The molecular weight excluding hydrogens is 475 g/mol. The second-order valence-corrected chi connectivity index (χ2v) is 10.1. The number of hydrogen-bond donors (Lipinski definition) is 2. The molecule has 1 heterocycles. The Kier molecular flexibility index (Phi) is 12.1. The van der Waals surface area contributed by atoms with Crippen LogP contribution in [0.3, 0.4) is 0 Å². The number of aliphatic imine (C=N–C) groups is 1. The molecule has 27 heavy (non-hydrogen) atoms. The molecule has 0 aromatic heterocycles. The van der Waals surface area contributed by atoms with Gasteiger partial charge in [0.15, 0.2) is 5.96 Å². The summed E-state index contributed by atoms with van der Waals surface area (Å²) < 4.78 is 5.68. The molecule has 1 unspecified atom stereocenters. The number of carbonyl (C=O) groups excluding carboxylic acids is 1. The Balaban J connectivity index is 0.00000676. The summed E-state index contributed by atoms with van der Waals surface area (Å²) in [6.45, 7) is 13.5. The molecule has 1 amide bonds. The number of likely N-dealkylation sites (tertiary alicyclic amines) is 1. The van der Waals surface area contributed by atoms with E-state index in [1.165, 1.54) is 0 Å². The van der Waals surface area contributed by atoms with Gasteiger partial charge in [-0.25, -0.2) is 4.79 Å². The monoisotopic (exact) mass is 514 g/mol. The maximum absolute atomic E-state index is 12.3. The van der Waals surface area contributed by atoms with E-state index in [0.717, 1.165) is 51.4 Å². The predicted molar refractivity (Wildman–Crippen MR) is 128 cm³/mol. The number of ether oxygens (including phenoxy) is 1. The van der Waals surface area contributed by atoms with Gasteiger partial charge in [0.25, 0.3) is 0 Å². The number of carbonyl (C=O) groups is 1. The lowest BCUT2D eigenvalue weighted by molar-refractivity contribution is 0.0162. The van der Waals surface area contributed by atoms with Gasteiger partial charge in [0.05, 0.1) is 0 Å². The molecule has 160 valence electrons. The maximum Gasteiger partial charge on any atom is 0.410 e. The van der Waals surface area contributed by atoms with Crippen LogP contribution in [0.4, 0.5) is 4.79 Å². The summed E-state index contributed by atoms with van der Waals surface area (Å²) in [4.78, 5) is 18.4. The highest BCUT2D eigenvalue weighted by Crippen LogP contribution is 2.21. The topological polar surface area (TPSA) is 66.0 Å². The van der Waals surface area contributed by atoms with Crippen LogP contribution in [0.25, 0.3) is 0 Å². The molecule has 1 saturated heterocycles. The molecule has 6 nitrogen and oxygen atoms in total. The fraction of sp³-hybridized carbons (Fsp3) is 0.895. The number of nitrogens with one attached hydrogen (secondary N) is 2. The SMILES string of the molecule is CN=C(NCCC1CCCN(C(=O)OC(C)(C)C)C1)NCC(C)(C)SC.I. The van der Waals surface area contributed by atoms with Gasteiger partial charge >= 0.3 is 6.09 Å². The summed E-state index contributed by atoms with van der Waals surface area (Å²) in [7, 11) is 1.80. The Hall–Kier alpha value is -0.380. The molecule has 0 spiro atoms. The minimum Gasteiger partial charge on any atom is -0.444 e. The van der Waals surface area contributed by atoms with E-state index in [4.69, 9.17) is 4.74 Å². The third-order valence-corrected chi connectivity index (χ3v) is 5.72. The van der Waals surface area contributed by atoms with E-state index >= 15 is 0 Å². The quantitative estimate of drug-likeness (QED) is 0.319. The lowest BCUT2D eigenvalue weighted by Gasteiger charge is -2.34. The van der Waals surface area contributed by atoms with E-state index < -0.39 is 5.60 Å². The fourth-order valence-electron chi connectivity index (χ4n) is 2.78. The summed E-state index contributed by atoms with van der Waals surface area (Å²) >= 11 is 1.84. The Bertz CT molecular complexity index is 481. The third kappa shape index (κ3) is 11.3. The molecule has 1 aliphatic rings. The van der Waals surface area contributed by atoms with Gasteiger partial charge < -0.3 is 20.3 Å². The zero-order chi connectivity index (χ0) is 19.8. The summed E-state index contributed by atoms with van der Waals surface area (Å²) in [6.07, 6.45) is 5.15. The second kappa shape index (κ2) is 12.2. The molecule has 0 radical (unpaired) electrons. The summed E-state index contributed by atoms with van der Waals surface area (Å²) in [5, 5.41) is 6.78. The van der Waals surface area contributed by atoms with Crippen LogP contribution in [0.2, 0.25) is 0 Å². The molecule has 0 saturated carbocycles. The Morgan fingerprint density at radius 3 is 2.48 bits per heavy atom. The van der Waals surface area contributed by atoms with Gasteiger partial charge in [-0.2, -0.15) is 11.8 Å². The van der Waals surface area contributed by atoms with Crippen LogP contribution in [0.1, 0.15) is 53.9 Å². The minimum atomic E-state index is -0.436. The molecular formula is C19H39IN4O2S. The van der Waals surface area contributed by atoms with E-state index in [0.29, 0.717) is 5.92 Å². The van der Waals surface area contributed by atoms with Gasteiger partial charge in [0, 0.05) is 38.0 Å². The number of halogens is 1. The van der Waals surface area contributed by atoms with Gasteiger partial charge in [-0.05, 0) is 66.1 Å². The first-order chi connectivity index (χ1) is 12.1. The number of rotatable bonds is 6. The summed E-state index contributed by atoms with van der Waals surface area (Å²) in [5.74, 6) is 1.34. The van der Waals surface area contributed by atoms with Crippen molar-refractivity contribution in [2.45, 2.75) is 64.2 Å². The molecule has 0 aromatic rings. The molecule has 0 bridgehead atoms. The molecule has 0 aliphatic carbocycles. The van der Waals surface area contributed by atoms with E-state index in [9.17, 15) is 4.79 Å². The maximum atomic E-state index is 12.3. The van der Waals surface area contributed by atoms with Crippen LogP contribution >= 0.6 is 35.7 Å². The first kappa shape index (κ1) is 26.6. The zero-order valence-corrected chi connectivity index (χ0v) is 21.2. The van der Waals surface area contributed by atoms with Gasteiger partial charge in [-0.3, -0.25) is 4.99 Å². The van der Waals surface area contributed by atoms with Gasteiger partial charge in [0.1, 0.15) is 5.60 Å². The van der Waals surface area contributed by atoms with Gasteiger partial charge in [-0.15, -0.1) is 24.0 Å². The molecule has 1 fully saturated rings. The third-order valence-electron chi connectivity index (χ3n) is 4.47. The van der Waals surface area contributed by atoms with Crippen LogP contribution in [-0.4, -0.2) is 66.8 Å². The van der Waals surface area contributed by atoms with Crippen LogP contribution in [0.15, 0.2) is 4.99 Å². The van der Waals surface area contributed by atoms with Crippen molar-refractivity contribution in [1.29, 1.82) is 0 Å². The predicted octanol–water partition coefficient (Wildman–Crippen LogP) is 3.95. The number of amides is 1. The first-order valence-corrected chi connectivity index (χ1v) is 10.8. The molecule has 0 aromatic carbocycles. The van der Waals surface area contributed by atoms with Crippen molar-refractivity contribution in [2.75, 3.05) is 39.5 Å². The van der Waals surface area contributed by atoms with Crippen molar-refractivity contribution in [1.82, 2.24) is 15.5 Å². The van der Waals surface area contributed by atoms with Crippen molar-refractivity contribution in [2.24, 2.45) is 10.9 Å². The number of nitrogens with zero attached hydrogens (tertiary/aromatic N) is 2. The Morgan fingerprint density at radius 1 is 1.26 bits per heavy atom. The zero-order valence-electron chi connectivity index (χ0n) is 18.1. The normalized spacial score (nSPS) is 18.6. The Labute approximate surface area is 187 Å². The standard InChI is InChI=1S/C19H38N4O2S.HI/c1-18(2,3)25-17(24)23-12-8-9-15(13-23)10-11-21-16(20-6)22-14-19(4,5)26-7;/h15H,8-14H2,1-7H3,(H2,20,21,22);1H. The van der Waals surface area contributed by atoms with Crippen molar-refractivity contribution in [3.8, 4) is 0 Å². The van der Waals surface area contributed by atoms with E-state index in [1.54, 1.807) is 7.05 Å².